The standard InChI is InChI=1S/C22H21FN8OS/c1-2-15-10-24-22(25-11-15)30-7-5-16(6-8-30)21-27-17(13-33-21)12-32-20-4-3-18(9-19(20)23)31-14-26-28-29-31/h3-5,9-11,13-14H,2,6-8,12H2,1H3. The van der Waals surface area contributed by atoms with E-state index >= 15 is 0 Å². The number of anilines is 1. The van der Waals surface area contributed by atoms with Crippen LogP contribution < -0.4 is 9.64 Å². The van der Waals surface area contributed by atoms with Gasteiger partial charge in [0, 0.05) is 36.9 Å². The van der Waals surface area contributed by atoms with Gasteiger partial charge in [-0.2, -0.15) is 0 Å². The number of nitrogens with zero attached hydrogens (tertiary/aromatic N) is 8. The highest BCUT2D eigenvalue weighted by Gasteiger charge is 2.18. The van der Waals surface area contributed by atoms with Gasteiger partial charge in [0.05, 0.1) is 11.4 Å². The highest BCUT2D eigenvalue weighted by Crippen LogP contribution is 2.27. The van der Waals surface area contributed by atoms with E-state index in [-0.39, 0.29) is 12.4 Å². The van der Waals surface area contributed by atoms with Crippen molar-refractivity contribution in [2.45, 2.75) is 26.4 Å². The third-order valence-electron chi connectivity index (χ3n) is 5.32. The van der Waals surface area contributed by atoms with Crippen LogP contribution in [0.4, 0.5) is 10.3 Å². The Balaban J connectivity index is 1.20. The third kappa shape index (κ3) is 4.72. The zero-order valence-electron chi connectivity index (χ0n) is 17.9. The molecule has 0 bridgehead atoms. The third-order valence-corrected chi connectivity index (χ3v) is 6.29. The largest absolute Gasteiger partial charge is 0.484 e. The van der Waals surface area contributed by atoms with E-state index in [0.29, 0.717) is 5.69 Å². The van der Waals surface area contributed by atoms with Crippen LogP contribution in [0.15, 0.2) is 48.4 Å². The molecule has 9 nitrogen and oxygen atoms in total. The lowest BCUT2D eigenvalue weighted by atomic mass is 10.1. The summed E-state index contributed by atoms with van der Waals surface area (Å²) in [5.74, 6) is 0.426. The van der Waals surface area contributed by atoms with Gasteiger partial charge in [0.25, 0.3) is 0 Å². The van der Waals surface area contributed by atoms with Crippen LogP contribution in [0.2, 0.25) is 0 Å². The Bertz CT molecular complexity index is 1260. The van der Waals surface area contributed by atoms with E-state index in [1.165, 1.54) is 22.6 Å². The maximum Gasteiger partial charge on any atom is 0.225 e. The van der Waals surface area contributed by atoms with Crippen molar-refractivity contribution < 1.29 is 9.13 Å². The van der Waals surface area contributed by atoms with Gasteiger partial charge in [-0.1, -0.05) is 13.0 Å². The second-order valence-electron chi connectivity index (χ2n) is 7.47. The molecule has 0 amide bonds. The first-order chi connectivity index (χ1) is 16.2. The quantitative estimate of drug-likeness (QED) is 0.410. The first-order valence-electron chi connectivity index (χ1n) is 10.5. The molecule has 0 unspecified atom stereocenters. The van der Waals surface area contributed by atoms with Crippen LogP contribution in [0.1, 0.15) is 29.6 Å². The van der Waals surface area contributed by atoms with Crippen molar-refractivity contribution in [3.8, 4) is 11.4 Å². The predicted octanol–water partition coefficient (Wildman–Crippen LogP) is 3.48. The molecule has 0 fully saturated rings. The van der Waals surface area contributed by atoms with Crippen LogP contribution in [0.3, 0.4) is 0 Å². The van der Waals surface area contributed by atoms with Gasteiger partial charge in [-0.15, -0.1) is 16.4 Å². The fourth-order valence-corrected chi connectivity index (χ4v) is 4.32. The number of halogens is 1. The van der Waals surface area contributed by atoms with E-state index in [9.17, 15) is 4.39 Å². The summed E-state index contributed by atoms with van der Waals surface area (Å²) in [5.41, 5.74) is 3.61. The highest BCUT2D eigenvalue weighted by atomic mass is 32.1. The van der Waals surface area contributed by atoms with Gasteiger partial charge in [0.1, 0.15) is 17.9 Å². The first-order valence-corrected chi connectivity index (χ1v) is 11.4. The molecule has 1 aliphatic rings. The molecule has 1 aliphatic heterocycles. The zero-order valence-corrected chi connectivity index (χ0v) is 18.7. The fourth-order valence-electron chi connectivity index (χ4n) is 3.44. The number of thiazole rings is 1. The molecule has 5 rings (SSSR count). The number of benzene rings is 1. The fraction of sp³-hybridized carbons (Fsp3) is 0.273. The molecule has 0 aliphatic carbocycles. The van der Waals surface area contributed by atoms with Crippen molar-refractivity contribution >= 4 is 22.9 Å². The van der Waals surface area contributed by atoms with E-state index in [1.807, 2.05) is 17.8 Å². The maximum absolute atomic E-state index is 14.4. The molecule has 4 heterocycles. The SMILES string of the molecule is CCc1cnc(N2CC=C(c3nc(COc4ccc(-n5cnnn5)cc4F)cs3)CC2)nc1. The first kappa shape index (κ1) is 21.1. The van der Waals surface area contributed by atoms with Crippen molar-refractivity contribution in [2.24, 2.45) is 0 Å². The van der Waals surface area contributed by atoms with Crippen molar-refractivity contribution in [1.29, 1.82) is 0 Å². The maximum atomic E-state index is 14.4. The van der Waals surface area contributed by atoms with Crippen LogP contribution in [-0.4, -0.2) is 48.2 Å². The number of aryl methyl sites for hydroxylation is 1. The van der Waals surface area contributed by atoms with E-state index in [4.69, 9.17) is 4.74 Å². The number of tetrazole rings is 1. The Morgan fingerprint density at radius 3 is 2.79 bits per heavy atom. The number of aromatic nitrogens is 7. The minimum atomic E-state index is -0.484. The van der Waals surface area contributed by atoms with Gasteiger partial charge in [-0.25, -0.2) is 24.0 Å². The zero-order chi connectivity index (χ0) is 22.6. The summed E-state index contributed by atoms with van der Waals surface area (Å²) in [7, 11) is 0. The Morgan fingerprint density at radius 2 is 2.09 bits per heavy atom. The molecule has 0 N–H and O–H groups in total. The minimum Gasteiger partial charge on any atom is -0.484 e. The number of ether oxygens (including phenoxy) is 1. The van der Waals surface area contributed by atoms with Crippen molar-refractivity contribution in [3.63, 3.8) is 0 Å². The van der Waals surface area contributed by atoms with Crippen LogP contribution in [-0.2, 0) is 13.0 Å². The number of hydrogen-bond donors (Lipinski definition) is 0. The Hall–Kier alpha value is -3.73. The molecular formula is C22H21FN8OS. The van der Waals surface area contributed by atoms with Crippen molar-refractivity contribution in [1.82, 2.24) is 35.2 Å². The Kier molecular flexibility index (Phi) is 6.03. The lowest BCUT2D eigenvalue weighted by molar-refractivity contribution is 0.286. The van der Waals surface area contributed by atoms with Gasteiger partial charge >= 0.3 is 0 Å². The minimum absolute atomic E-state index is 0.156. The summed E-state index contributed by atoms with van der Waals surface area (Å²) >= 11 is 1.57. The molecular weight excluding hydrogens is 443 g/mol. The predicted molar refractivity (Wildman–Crippen MR) is 122 cm³/mol. The summed E-state index contributed by atoms with van der Waals surface area (Å²) in [4.78, 5) is 15.8. The summed E-state index contributed by atoms with van der Waals surface area (Å²) in [5, 5.41) is 13.8. The lowest BCUT2D eigenvalue weighted by Gasteiger charge is -2.25. The molecule has 0 saturated heterocycles. The van der Waals surface area contributed by atoms with E-state index in [1.54, 1.807) is 23.5 Å². The van der Waals surface area contributed by atoms with Gasteiger partial charge in [0.2, 0.25) is 5.95 Å². The second-order valence-corrected chi connectivity index (χ2v) is 8.33. The van der Waals surface area contributed by atoms with Gasteiger partial charge in [-0.3, -0.25) is 0 Å². The molecule has 1 aromatic carbocycles. The van der Waals surface area contributed by atoms with Crippen LogP contribution >= 0.6 is 11.3 Å². The molecule has 168 valence electrons. The Labute approximate surface area is 193 Å². The monoisotopic (exact) mass is 464 g/mol. The average molecular weight is 465 g/mol. The van der Waals surface area contributed by atoms with E-state index in [2.05, 4.69) is 48.4 Å². The number of rotatable bonds is 7. The summed E-state index contributed by atoms with van der Waals surface area (Å²) in [6, 6.07) is 4.59. The Morgan fingerprint density at radius 1 is 1.21 bits per heavy atom. The second kappa shape index (κ2) is 9.41. The van der Waals surface area contributed by atoms with Gasteiger partial charge in [0.15, 0.2) is 11.6 Å². The topological polar surface area (TPSA) is 94.7 Å². The van der Waals surface area contributed by atoms with Crippen LogP contribution in [0.25, 0.3) is 11.3 Å². The molecule has 4 aromatic rings. The smallest absolute Gasteiger partial charge is 0.225 e. The summed E-state index contributed by atoms with van der Waals surface area (Å²) in [6.45, 7) is 3.85. The van der Waals surface area contributed by atoms with E-state index < -0.39 is 5.82 Å². The highest BCUT2D eigenvalue weighted by molar-refractivity contribution is 7.10. The van der Waals surface area contributed by atoms with Crippen LogP contribution in [0.5, 0.6) is 5.75 Å². The molecule has 33 heavy (non-hydrogen) atoms. The van der Waals surface area contributed by atoms with Gasteiger partial charge in [-0.05, 0) is 46.5 Å². The molecule has 0 spiro atoms. The molecule has 0 radical (unpaired) electrons. The number of hydrogen-bond acceptors (Lipinski definition) is 9. The van der Waals surface area contributed by atoms with Crippen molar-refractivity contribution in [2.75, 3.05) is 18.0 Å². The molecule has 11 heteroatoms. The van der Waals surface area contributed by atoms with Crippen molar-refractivity contribution in [3.05, 3.63) is 70.5 Å². The van der Waals surface area contributed by atoms with Gasteiger partial charge < -0.3 is 9.64 Å². The molecule has 3 aromatic heterocycles. The summed E-state index contributed by atoms with van der Waals surface area (Å²) < 4.78 is 21.4. The molecule has 0 saturated carbocycles. The van der Waals surface area contributed by atoms with E-state index in [0.717, 1.165) is 48.1 Å². The van der Waals surface area contributed by atoms with Crippen LogP contribution in [0, 0.1) is 5.82 Å². The average Bonchev–Trinajstić information content (AvgIpc) is 3.56. The normalized spacial score (nSPS) is 13.8. The summed E-state index contributed by atoms with van der Waals surface area (Å²) in [6.07, 6.45) is 9.13. The molecule has 0 atom stereocenters. The lowest BCUT2D eigenvalue weighted by Crippen LogP contribution is -2.29.